The zero-order chi connectivity index (χ0) is 22.5. The molecule has 4 aromatic carbocycles. The number of para-hydroxylation sites is 2. The standard InChI is InChI=1S/C26H18Cl2N2O2/c27-19-13-9-17(10-14-19)25(31)29-23-7-3-1-5-21(23)22-6-2-4-8-24(22)30-26(32)18-11-15-20(28)16-12-18/h1-16H,(H,29,31)(H,30,32). The third-order valence-corrected chi connectivity index (χ3v) is 5.36. The van der Waals surface area contributed by atoms with Crippen LogP contribution in [0.4, 0.5) is 11.4 Å². The van der Waals surface area contributed by atoms with Crippen LogP contribution in [0, 0.1) is 0 Å². The van der Waals surface area contributed by atoms with Crippen molar-refractivity contribution in [3.63, 3.8) is 0 Å². The molecule has 0 saturated carbocycles. The minimum Gasteiger partial charge on any atom is -0.321 e. The molecule has 0 spiro atoms. The van der Waals surface area contributed by atoms with Gasteiger partial charge in [0.05, 0.1) is 0 Å². The molecule has 2 amide bonds. The fourth-order valence-corrected chi connectivity index (χ4v) is 3.50. The normalized spacial score (nSPS) is 10.4. The smallest absolute Gasteiger partial charge is 0.255 e. The van der Waals surface area contributed by atoms with Crippen LogP contribution in [0.2, 0.25) is 10.0 Å². The summed E-state index contributed by atoms with van der Waals surface area (Å²) >= 11 is 11.8. The second kappa shape index (κ2) is 9.69. The third-order valence-electron chi connectivity index (χ3n) is 4.85. The number of hydrogen-bond acceptors (Lipinski definition) is 2. The van der Waals surface area contributed by atoms with Crippen molar-refractivity contribution in [2.24, 2.45) is 0 Å². The van der Waals surface area contributed by atoms with Crippen LogP contribution >= 0.6 is 23.2 Å². The topological polar surface area (TPSA) is 58.2 Å². The second-order valence-electron chi connectivity index (χ2n) is 7.01. The first-order chi connectivity index (χ1) is 15.5. The molecule has 0 aliphatic rings. The first-order valence-electron chi connectivity index (χ1n) is 9.83. The molecule has 0 unspecified atom stereocenters. The summed E-state index contributed by atoms with van der Waals surface area (Å²) in [5.74, 6) is -0.506. The Hall–Kier alpha value is -3.60. The van der Waals surface area contributed by atoms with Gasteiger partial charge < -0.3 is 10.6 Å². The van der Waals surface area contributed by atoms with Crippen molar-refractivity contribution in [1.82, 2.24) is 0 Å². The van der Waals surface area contributed by atoms with E-state index in [0.29, 0.717) is 32.5 Å². The van der Waals surface area contributed by atoms with Gasteiger partial charge in [0, 0.05) is 43.7 Å². The molecular formula is C26H18Cl2N2O2. The van der Waals surface area contributed by atoms with Crippen molar-refractivity contribution >= 4 is 46.4 Å². The Labute approximate surface area is 195 Å². The van der Waals surface area contributed by atoms with Crippen LogP contribution in [0.3, 0.4) is 0 Å². The fraction of sp³-hybridized carbons (Fsp3) is 0. The van der Waals surface area contributed by atoms with E-state index in [0.717, 1.165) is 11.1 Å². The molecule has 0 aliphatic heterocycles. The lowest BCUT2D eigenvalue weighted by atomic mass is 10.0. The van der Waals surface area contributed by atoms with E-state index in [1.165, 1.54) is 0 Å². The van der Waals surface area contributed by atoms with Crippen LogP contribution in [-0.4, -0.2) is 11.8 Å². The van der Waals surface area contributed by atoms with Gasteiger partial charge in [-0.25, -0.2) is 0 Å². The summed E-state index contributed by atoms with van der Waals surface area (Å²) in [6.45, 7) is 0. The van der Waals surface area contributed by atoms with Gasteiger partial charge in [-0.2, -0.15) is 0 Å². The Balaban J connectivity index is 1.63. The maximum Gasteiger partial charge on any atom is 0.255 e. The zero-order valence-electron chi connectivity index (χ0n) is 16.8. The maximum atomic E-state index is 12.7. The number of benzene rings is 4. The lowest BCUT2D eigenvalue weighted by molar-refractivity contribution is 0.101. The van der Waals surface area contributed by atoms with Crippen molar-refractivity contribution in [1.29, 1.82) is 0 Å². The first-order valence-corrected chi connectivity index (χ1v) is 10.6. The molecule has 0 atom stereocenters. The van der Waals surface area contributed by atoms with E-state index in [-0.39, 0.29) is 11.8 Å². The highest BCUT2D eigenvalue weighted by molar-refractivity contribution is 6.31. The summed E-state index contributed by atoms with van der Waals surface area (Å²) in [6, 6.07) is 28.2. The molecule has 0 bridgehead atoms. The Morgan fingerprint density at radius 2 is 0.844 bits per heavy atom. The summed E-state index contributed by atoms with van der Waals surface area (Å²) < 4.78 is 0. The molecule has 2 N–H and O–H groups in total. The molecule has 0 heterocycles. The van der Waals surface area contributed by atoms with E-state index in [2.05, 4.69) is 10.6 Å². The van der Waals surface area contributed by atoms with Gasteiger partial charge in [0.2, 0.25) is 0 Å². The van der Waals surface area contributed by atoms with Crippen LogP contribution in [-0.2, 0) is 0 Å². The molecule has 6 heteroatoms. The van der Waals surface area contributed by atoms with Crippen molar-refractivity contribution < 1.29 is 9.59 Å². The van der Waals surface area contributed by atoms with Gasteiger partial charge in [-0.3, -0.25) is 9.59 Å². The Morgan fingerprint density at radius 1 is 0.500 bits per heavy atom. The summed E-state index contributed by atoms with van der Waals surface area (Å²) in [7, 11) is 0. The fourth-order valence-electron chi connectivity index (χ4n) is 3.25. The molecule has 4 aromatic rings. The molecule has 0 aliphatic carbocycles. The highest BCUT2D eigenvalue weighted by Gasteiger charge is 2.14. The van der Waals surface area contributed by atoms with Crippen molar-refractivity contribution in [3.05, 3.63) is 118 Å². The number of nitrogens with one attached hydrogen (secondary N) is 2. The Bertz CT molecular complexity index is 1170. The van der Waals surface area contributed by atoms with Gasteiger partial charge in [0.25, 0.3) is 11.8 Å². The van der Waals surface area contributed by atoms with Crippen LogP contribution in [0.15, 0.2) is 97.1 Å². The minimum absolute atomic E-state index is 0.253. The number of amides is 2. The minimum atomic E-state index is -0.253. The number of anilines is 2. The molecule has 0 aromatic heterocycles. The largest absolute Gasteiger partial charge is 0.321 e. The Morgan fingerprint density at radius 3 is 1.22 bits per heavy atom. The van der Waals surface area contributed by atoms with Crippen LogP contribution in [0.25, 0.3) is 11.1 Å². The van der Waals surface area contributed by atoms with Gasteiger partial charge in [-0.1, -0.05) is 59.6 Å². The Kier molecular flexibility index (Phi) is 6.55. The van der Waals surface area contributed by atoms with Gasteiger partial charge in [-0.15, -0.1) is 0 Å². The molecule has 158 valence electrons. The summed E-state index contributed by atoms with van der Waals surface area (Å²) in [6.07, 6.45) is 0. The third kappa shape index (κ3) is 4.99. The van der Waals surface area contributed by atoms with Gasteiger partial charge in [0.15, 0.2) is 0 Å². The summed E-state index contributed by atoms with van der Waals surface area (Å²) in [4.78, 5) is 25.5. The highest BCUT2D eigenvalue weighted by Crippen LogP contribution is 2.34. The summed E-state index contributed by atoms with van der Waals surface area (Å²) in [5, 5.41) is 7.03. The van der Waals surface area contributed by atoms with Crippen molar-refractivity contribution in [3.8, 4) is 11.1 Å². The van der Waals surface area contributed by atoms with Crippen LogP contribution in [0.1, 0.15) is 20.7 Å². The molecular weight excluding hydrogens is 443 g/mol. The quantitative estimate of drug-likeness (QED) is 0.331. The molecule has 4 nitrogen and oxygen atoms in total. The predicted octanol–water partition coefficient (Wildman–Crippen LogP) is 7.17. The maximum absolute atomic E-state index is 12.7. The van der Waals surface area contributed by atoms with Crippen LogP contribution in [0.5, 0.6) is 0 Å². The van der Waals surface area contributed by atoms with Crippen molar-refractivity contribution in [2.45, 2.75) is 0 Å². The van der Waals surface area contributed by atoms with E-state index < -0.39 is 0 Å². The van der Waals surface area contributed by atoms with E-state index >= 15 is 0 Å². The molecule has 0 radical (unpaired) electrons. The van der Waals surface area contributed by atoms with Crippen LogP contribution < -0.4 is 10.6 Å². The summed E-state index contributed by atoms with van der Waals surface area (Å²) in [5.41, 5.74) is 3.80. The van der Waals surface area contributed by atoms with E-state index in [4.69, 9.17) is 23.2 Å². The second-order valence-corrected chi connectivity index (χ2v) is 7.89. The average molecular weight is 461 g/mol. The molecule has 0 saturated heterocycles. The lowest BCUT2D eigenvalue weighted by Crippen LogP contribution is -2.14. The van der Waals surface area contributed by atoms with Crippen molar-refractivity contribution in [2.75, 3.05) is 10.6 Å². The predicted molar refractivity (Wildman–Crippen MR) is 131 cm³/mol. The van der Waals surface area contributed by atoms with E-state index in [1.54, 1.807) is 48.5 Å². The average Bonchev–Trinajstić information content (AvgIpc) is 2.81. The monoisotopic (exact) mass is 460 g/mol. The van der Waals surface area contributed by atoms with E-state index in [9.17, 15) is 9.59 Å². The first kappa shape index (κ1) is 21.6. The molecule has 4 rings (SSSR count). The SMILES string of the molecule is O=C(Nc1ccccc1-c1ccccc1NC(=O)c1ccc(Cl)cc1)c1ccc(Cl)cc1. The highest BCUT2D eigenvalue weighted by atomic mass is 35.5. The zero-order valence-corrected chi connectivity index (χ0v) is 18.3. The molecule has 32 heavy (non-hydrogen) atoms. The van der Waals surface area contributed by atoms with Gasteiger partial charge in [0.1, 0.15) is 0 Å². The number of carbonyl (C=O) groups is 2. The lowest BCUT2D eigenvalue weighted by Gasteiger charge is -2.15. The number of rotatable bonds is 5. The number of carbonyl (C=O) groups excluding carboxylic acids is 2. The van der Waals surface area contributed by atoms with Gasteiger partial charge in [-0.05, 0) is 60.7 Å². The van der Waals surface area contributed by atoms with E-state index in [1.807, 2.05) is 48.5 Å². The number of halogens is 2. The molecule has 0 fully saturated rings. The van der Waals surface area contributed by atoms with Gasteiger partial charge >= 0.3 is 0 Å². The number of hydrogen-bond donors (Lipinski definition) is 2.